The van der Waals surface area contributed by atoms with E-state index in [1.807, 2.05) is 13.1 Å². The zero-order chi connectivity index (χ0) is 14.1. The Morgan fingerprint density at radius 2 is 2.35 bits per heavy atom. The van der Waals surface area contributed by atoms with Gasteiger partial charge in [0.25, 0.3) is 5.69 Å². The molecule has 0 fully saturated rings. The summed E-state index contributed by atoms with van der Waals surface area (Å²) >= 11 is 1.65. The van der Waals surface area contributed by atoms with Crippen molar-refractivity contribution in [2.24, 2.45) is 0 Å². The first-order valence-electron chi connectivity index (χ1n) is 6.60. The molecule has 104 valence electrons. The smallest absolute Gasteiger partial charge is 0.270 e. The lowest BCUT2D eigenvalue weighted by atomic mass is 9.98. The van der Waals surface area contributed by atoms with Gasteiger partial charge in [-0.25, -0.2) is 4.98 Å². The Kier molecular flexibility index (Phi) is 3.50. The molecule has 0 bridgehead atoms. The van der Waals surface area contributed by atoms with Gasteiger partial charge in [0.15, 0.2) is 0 Å². The van der Waals surface area contributed by atoms with E-state index in [4.69, 9.17) is 4.98 Å². The van der Waals surface area contributed by atoms with Crippen molar-refractivity contribution in [1.82, 2.24) is 10.3 Å². The molecule has 1 atom stereocenters. The van der Waals surface area contributed by atoms with Crippen LogP contribution in [0.25, 0.3) is 10.6 Å². The molecule has 0 spiro atoms. The van der Waals surface area contributed by atoms with Crippen molar-refractivity contribution < 1.29 is 4.92 Å². The fraction of sp³-hybridized carbons (Fsp3) is 0.357. The van der Waals surface area contributed by atoms with Gasteiger partial charge in [-0.05, 0) is 26.3 Å². The summed E-state index contributed by atoms with van der Waals surface area (Å²) in [4.78, 5) is 16.5. The molecule has 1 heterocycles. The summed E-state index contributed by atoms with van der Waals surface area (Å²) in [7, 11) is 1.95. The number of aryl methyl sites for hydroxylation is 1. The molecule has 0 amide bonds. The molecule has 1 N–H and O–H groups in total. The quantitative estimate of drug-likeness (QED) is 0.695. The van der Waals surface area contributed by atoms with Gasteiger partial charge >= 0.3 is 0 Å². The predicted octanol–water partition coefficient (Wildman–Crippen LogP) is 3.32. The molecule has 0 saturated carbocycles. The third kappa shape index (κ3) is 2.32. The van der Waals surface area contributed by atoms with Gasteiger partial charge in [0.05, 0.1) is 16.7 Å². The maximum absolute atomic E-state index is 10.9. The average molecular weight is 289 g/mol. The van der Waals surface area contributed by atoms with E-state index in [1.54, 1.807) is 23.5 Å². The van der Waals surface area contributed by atoms with Crippen LogP contribution >= 0.6 is 11.3 Å². The van der Waals surface area contributed by atoms with Gasteiger partial charge in [-0.3, -0.25) is 10.1 Å². The Hall–Kier alpha value is -1.79. The molecule has 0 aliphatic heterocycles. The molecule has 1 aromatic heterocycles. The van der Waals surface area contributed by atoms with Crippen molar-refractivity contribution in [2.45, 2.75) is 25.3 Å². The van der Waals surface area contributed by atoms with Crippen LogP contribution in [-0.4, -0.2) is 17.0 Å². The fourth-order valence-corrected chi connectivity index (χ4v) is 3.74. The Morgan fingerprint density at radius 1 is 1.50 bits per heavy atom. The number of non-ortho nitro benzene ring substituents is 1. The second kappa shape index (κ2) is 5.30. The number of nitrogens with zero attached hydrogens (tertiary/aromatic N) is 2. The second-order valence-corrected chi connectivity index (χ2v) is 5.95. The SMILES string of the molecule is CNC1CCCc2sc(-c3cccc([N+](=O)[O-])c3)nc21. The van der Waals surface area contributed by atoms with Crippen LogP contribution in [0.5, 0.6) is 0 Å². The molecule has 5 nitrogen and oxygen atoms in total. The van der Waals surface area contributed by atoms with Gasteiger partial charge < -0.3 is 5.32 Å². The molecule has 1 aliphatic rings. The zero-order valence-corrected chi connectivity index (χ0v) is 11.9. The fourth-order valence-electron chi connectivity index (χ4n) is 2.58. The van der Waals surface area contributed by atoms with Crippen LogP contribution in [0.3, 0.4) is 0 Å². The van der Waals surface area contributed by atoms with Crippen LogP contribution < -0.4 is 5.32 Å². The second-order valence-electron chi connectivity index (χ2n) is 4.87. The van der Waals surface area contributed by atoms with Gasteiger partial charge in [-0.2, -0.15) is 0 Å². The number of rotatable bonds is 3. The summed E-state index contributed by atoms with van der Waals surface area (Å²) < 4.78 is 0. The number of aromatic nitrogens is 1. The normalized spacial score (nSPS) is 17.8. The number of nitro groups is 1. The van der Waals surface area contributed by atoms with E-state index in [1.165, 1.54) is 10.9 Å². The highest BCUT2D eigenvalue weighted by molar-refractivity contribution is 7.15. The number of hydrogen-bond acceptors (Lipinski definition) is 5. The summed E-state index contributed by atoms with van der Waals surface area (Å²) in [5.74, 6) is 0. The van der Waals surface area contributed by atoms with Crippen molar-refractivity contribution in [3.63, 3.8) is 0 Å². The largest absolute Gasteiger partial charge is 0.312 e. The van der Waals surface area contributed by atoms with Gasteiger partial charge in [0.2, 0.25) is 0 Å². The van der Waals surface area contributed by atoms with Crippen LogP contribution in [-0.2, 0) is 6.42 Å². The van der Waals surface area contributed by atoms with Crippen molar-refractivity contribution >= 4 is 17.0 Å². The first kappa shape index (κ1) is 13.2. The van der Waals surface area contributed by atoms with Crippen molar-refractivity contribution in [1.29, 1.82) is 0 Å². The summed E-state index contributed by atoms with van der Waals surface area (Å²) in [5.41, 5.74) is 2.06. The van der Waals surface area contributed by atoms with Gasteiger partial charge in [-0.15, -0.1) is 11.3 Å². The topological polar surface area (TPSA) is 68.1 Å². The van der Waals surface area contributed by atoms with Crippen molar-refractivity contribution in [3.8, 4) is 10.6 Å². The number of thiazole rings is 1. The van der Waals surface area contributed by atoms with Crippen LogP contribution in [0, 0.1) is 10.1 Å². The number of nitrogens with one attached hydrogen (secondary N) is 1. The highest BCUT2D eigenvalue weighted by Crippen LogP contribution is 2.37. The molecule has 3 rings (SSSR count). The minimum atomic E-state index is -0.368. The van der Waals surface area contributed by atoms with Crippen molar-refractivity contribution in [2.75, 3.05) is 7.05 Å². The summed E-state index contributed by atoms with van der Waals surface area (Å²) in [6.07, 6.45) is 3.32. The number of nitro benzene ring substituents is 1. The molecular formula is C14H15N3O2S. The maximum Gasteiger partial charge on any atom is 0.270 e. The molecule has 0 saturated heterocycles. The Balaban J connectivity index is 2.01. The van der Waals surface area contributed by atoms with Gasteiger partial charge in [-0.1, -0.05) is 12.1 Å². The van der Waals surface area contributed by atoms with E-state index in [0.29, 0.717) is 6.04 Å². The zero-order valence-electron chi connectivity index (χ0n) is 11.1. The first-order valence-corrected chi connectivity index (χ1v) is 7.42. The molecule has 1 aliphatic carbocycles. The third-order valence-corrected chi connectivity index (χ3v) is 4.79. The molecular weight excluding hydrogens is 274 g/mol. The Bertz CT molecular complexity index is 654. The molecule has 20 heavy (non-hydrogen) atoms. The number of benzene rings is 1. The number of hydrogen-bond donors (Lipinski definition) is 1. The Morgan fingerprint density at radius 3 is 3.10 bits per heavy atom. The highest BCUT2D eigenvalue weighted by atomic mass is 32.1. The standard InChI is InChI=1S/C14H15N3O2S/c1-15-11-6-3-7-12-13(11)16-14(20-12)9-4-2-5-10(8-9)17(18)19/h2,4-5,8,11,15H,3,6-7H2,1H3. The van der Waals surface area contributed by atoms with Crippen LogP contribution in [0.1, 0.15) is 29.5 Å². The van der Waals surface area contributed by atoms with E-state index in [-0.39, 0.29) is 10.6 Å². The lowest BCUT2D eigenvalue weighted by Crippen LogP contribution is -2.21. The molecule has 1 unspecified atom stereocenters. The van der Waals surface area contributed by atoms with Crippen LogP contribution in [0.4, 0.5) is 5.69 Å². The van der Waals surface area contributed by atoms with E-state index in [9.17, 15) is 10.1 Å². The van der Waals surface area contributed by atoms with Crippen LogP contribution in [0.15, 0.2) is 24.3 Å². The third-order valence-electron chi connectivity index (χ3n) is 3.61. The molecule has 1 aromatic carbocycles. The summed E-state index contributed by atoms with van der Waals surface area (Å²) in [6.45, 7) is 0. The Labute approximate surface area is 120 Å². The monoisotopic (exact) mass is 289 g/mol. The molecule has 6 heteroatoms. The van der Waals surface area contributed by atoms with Gasteiger partial charge in [0.1, 0.15) is 5.01 Å². The lowest BCUT2D eigenvalue weighted by molar-refractivity contribution is -0.384. The predicted molar refractivity (Wildman–Crippen MR) is 78.9 cm³/mol. The van der Waals surface area contributed by atoms with E-state index < -0.39 is 0 Å². The number of fused-ring (bicyclic) bond motifs is 1. The van der Waals surface area contributed by atoms with E-state index >= 15 is 0 Å². The van der Waals surface area contributed by atoms with E-state index in [2.05, 4.69) is 5.32 Å². The summed E-state index contributed by atoms with van der Waals surface area (Å²) in [5, 5.41) is 15.0. The summed E-state index contributed by atoms with van der Waals surface area (Å²) in [6, 6.07) is 7.00. The van der Waals surface area contributed by atoms with Crippen molar-refractivity contribution in [3.05, 3.63) is 45.0 Å². The van der Waals surface area contributed by atoms with Crippen LogP contribution in [0.2, 0.25) is 0 Å². The molecule has 2 aromatic rings. The lowest BCUT2D eigenvalue weighted by Gasteiger charge is -2.19. The van der Waals surface area contributed by atoms with E-state index in [0.717, 1.165) is 35.5 Å². The highest BCUT2D eigenvalue weighted by Gasteiger charge is 2.24. The van der Waals surface area contributed by atoms with Gasteiger partial charge in [0, 0.05) is 22.6 Å². The first-order chi connectivity index (χ1) is 9.69. The minimum Gasteiger partial charge on any atom is -0.312 e. The molecule has 0 radical (unpaired) electrons. The minimum absolute atomic E-state index is 0.112. The maximum atomic E-state index is 10.9. The average Bonchev–Trinajstić information content (AvgIpc) is 2.91.